The third kappa shape index (κ3) is 0.955. The molecule has 2 aliphatic carbocycles. The van der Waals surface area contributed by atoms with Gasteiger partial charge >= 0.3 is 0 Å². The highest BCUT2D eigenvalue weighted by Crippen LogP contribution is 2.50. The topological polar surface area (TPSA) is 12.0 Å². The maximum absolute atomic E-state index is 4.74. The van der Waals surface area contributed by atoms with Crippen molar-refractivity contribution in [1.29, 1.82) is 0 Å². The van der Waals surface area contributed by atoms with Crippen molar-refractivity contribution in [1.82, 2.24) is 5.32 Å². The monoisotopic (exact) mass is 169 g/mol. The summed E-state index contributed by atoms with van der Waals surface area (Å²) in [4.78, 5) is 0.245. The summed E-state index contributed by atoms with van der Waals surface area (Å²) < 4.78 is 0. The number of hydrogen-bond donors (Lipinski definition) is 2. The van der Waals surface area contributed by atoms with Crippen LogP contribution in [0.4, 0.5) is 0 Å². The molecule has 11 heavy (non-hydrogen) atoms. The Morgan fingerprint density at radius 3 is 2.18 bits per heavy atom. The first kappa shape index (κ1) is 6.79. The van der Waals surface area contributed by atoms with Gasteiger partial charge in [-0.1, -0.05) is 0 Å². The molecule has 2 atom stereocenters. The molecule has 4 rings (SSSR count). The van der Waals surface area contributed by atoms with Gasteiger partial charge in [0.05, 0.1) is 4.87 Å². The van der Waals surface area contributed by atoms with Gasteiger partial charge < -0.3 is 5.32 Å². The molecule has 2 saturated carbocycles. The Morgan fingerprint density at radius 1 is 1.09 bits per heavy atom. The van der Waals surface area contributed by atoms with Crippen LogP contribution in [0.1, 0.15) is 32.1 Å². The molecule has 2 heteroatoms. The maximum Gasteiger partial charge on any atom is 0.0623 e. The zero-order valence-electron chi connectivity index (χ0n) is 6.71. The fourth-order valence-electron chi connectivity index (χ4n) is 3.55. The van der Waals surface area contributed by atoms with Crippen molar-refractivity contribution in [3.8, 4) is 0 Å². The average Bonchev–Trinajstić information content (AvgIpc) is 1.79. The van der Waals surface area contributed by atoms with Crippen LogP contribution in [-0.4, -0.2) is 10.9 Å². The van der Waals surface area contributed by atoms with Gasteiger partial charge in [0.15, 0.2) is 0 Å². The van der Waals surface area contributed by atoms with Crippen LogP contribution in [0.25, 0.3) is 0 Å². The predicted molar refractivity (Wildman–Crippen MR) is 48.7 cm³/mol. The Morgan fingerprint density at radius 2 is 1.73 bits per heavy atom. The molecule has 0 amide bonds. The molecule has 1 nitrogen and oxygen atoms in total. The first-order valence-corrected chi connectivity index (χ1v) is 5.18. The molecule has 0 aromatic carbocycles. The first-order valence-electron chi connectivity index (χ1n) is 4.74. The van der Waals surface area contributed by atoms with E-state index in [1.165, 1.54) is 32.1 Å². The fourth-order valence-corrected chi connectivity index (χ4v) is 4.25. The fraction of sp³-hybridized carbons (Fsp3) is 1.00. The molecule has 4 aliphatic rings. The Hall–Kier alpha value is 0.310. The third-order valence-electron chi connectivity index (χ3n) is 3.63. The largest absolute Gasteiger partial charge is 0.300 e. The number of piperidine rings is 2. The zero-order chi connectivity index (χ0) is 7.47. The molecule has 4 fully saturated rings. The molecule has 62 valence electrons. The molecule has 0 radical (unpaired) electrons. The van der Waals surface area contributed by atoms with Crippen LogP contribution in [0.15, 0.2) is 0 Å². The highest BCUT2D eigenvalue weighted by Gasteiger charge is 2.48. The van der Waals surface area contributed by atoms with Gasteiger partial charge in [-0.05, 0) is 43.9 Å². The average molecular weight is 169 g/mol. The van der Waals surface area contributed by atoms with Crippen molar-refractivity contribution in [2.75, 3.05) is 0 Å². The summed E-state index contributed by atoms with van der Waals surface area (Å²) in [6.07, 6.45) is 7.00. The summed E-state index contributed by atoms with van der Waals surface area (Å²) >= 11 is 4.74. The SMILES string of the molecule is SC12CC3CC(CC(C3)N1)C2. The minimum atomic E-state index is 0.245. The van der Waals surface area contributed by atoms with E-state index in [9.17, 15) is 0 Å². The quantitative estimate of drug-likeness (QED) is 0.527. The molecular formula is C9H15NS. The van der Waals surface area contributed by atoms with E-state index in [-0.39, 0.29) is 4.87 Å². The van der Waals surface area contributed by atoms with E-state index >= 15 is 0 Å². The molecular weight excluding hydrogens is 154 g/mol. The summed E-state index contributed by atoms with van der Waals surface area (Å²) in [5, 5.41) is 3.65. The van der Waals surface area contributed by atoms with Crippen molar-refractivity contribution in [2.24, 2.45) is 11.8 Å². The van der Waals surface area contributed by atoms with Crippen LogP contribution in [-0.2, 0) is 0 Å². The minimum Gasteiger partial charge on any atom is -0.300 e. The lowest BCUT2D eigenvalue weighted by atomic mass is 9.64. The molecule has 1 N–H and O–H groups in total. The Balaban J connectivity index is 1.94. The van der Waals surface area contributed by atoms with Gasteiger partial charge in [0, 0.05) is 6.04 Å². The van der Waals surface area contributed by atoms with Gasteiger partial charge in [0.1, 0.15) is 0 Å². The predicted octanol–water partition coefficient (Wildman–Crippen LogP) is 1.79. The highest BCUT2D eigenvalue weighted by atomic mass is 32.1. The molecule has 0 aromatic heterocycles. The van der Waals surface area contributed by atoms with Crippen molar-refractivity contribution >= 4 is 12.6 Å². The van der Waals surface area contributed by atoms with Gasteiger partial charge in [0.25, 0.3) is 0 Å². The number of rotatable bonds is 0. The van der Waals surface area contributed by atoms with Gasteiger partial charge in [-0.15, -0.1) is 0 Å². The lowest BCUT2D eigenvalue weighted by Crippen LogP contribution is -2.61. The van der Waals surface area contributed by atoms with Crippen molar-refractivity contribution < 1.29 is 0 Å². The first-order chi connectivity index (χ1) is 5.23. The van der Waals surface area contributed by atoms with Gasteiger partial charge in [-0.2, -0.15) is 12.6 Å². The third-order valence-corrected chi connectivity index (χ3v) is 4.12. The van der Waals surface area contributed by atoms with E-state index in [0.717, 1.165) is 17.9 Å². The highest BCUT2D eigenvalue weighted by molar-refractivity contribution is 7.81. The molecule has 2 aliphatic heterocycles. The molecule has 0 aromatic rings. The van der Waals surface area contributed by atoms with Crippen molar-refractivity contribution in [3.63, 3.8) is 0 Å². The maximum atomic E-state index is 4.74. The molecule has 0 spiro atoms. The summed E-state index contributed by atoms with van der Waals surface area (Å²) in [6, 6.07) is 0.818. The van der Waals surface area contributed by atoms with Crippen LogP contribution < -0.4 is 5.32 Å². The standard InChI is InChI=1S/C9H15NS/c11-9-4-6-1-7(5-9)3-8(2-6)10-9/h6-8,10-11H,1-5H2. The normalized spacial score (nSPS) is 60.3. The second kappa shape index (κ2) is 1.97. The van der Waals surface area contributed by atoms with E-state index in [0.29, 0.717) is 0 Å². The molecule has 2 heterocycles. The lowest BCUT2D eigenvalue weighted by Gasteiger charge is -2.55. The van der Waals surface area contributed by atoms with Crippen LogP contribution in [0, 0.1) is 11.8 Å². The van der Waals surface area contributed by atoms with Crippen LogP contribution in [0.3, 0.4) is 0 Å². The van der Waals surface area contributed by atoms with Gasteiger partial charge in [-0.25, -0.2) is 0 Å². The number of nitrogens with one attached hydrogen (secondary N) is 1. The van der Waals surface area contributed by atoms with Crippen LogP contribution in [0.2, 0.25) is 0 Å². The zero-order valence-corrected chi connectivity index (χ0v) is 7.61. The van der Waals surface area contributed by atoms with E-state index in [4.69, 9.17) is 12.6 Å². The molecule has 2 unspecified atom stereocenters. The Bertz CT molecular complexity index is 155. The van der Waals surface area contributed by atoms with Gasteiger partial charge in [-0.3, -0.25) is 0 Å². The smallest absolute Gasteiger partial charge is 0.0623 e. The van der Waals surface area contributed by atoms with Crippen molar-refractivity contribution in [2.45, 2.75) is 43.0 Å². The van der Waals surface area contributed by atoms with Crippen LogP contribution in [0.5, 0.6) is 0 Å². The van der Waals surface area contributed by atoms with Gasteiger partial charge in [0.2, 0.25) is 0 Å². The minimum absolute atomic E-state index is 0.245. The van der Waals surface area contributed by atoms with Crippen LogP contribution >= 0.6 is 12.6 Å². The summed E-state index contributed by atoms with van der Waals surface area (Å²) in [5.41, 5.74) is 0. The molecule has 2 saturated heterocycles. The molecule has 4 bridgehead atoms. The second-order valence-electron chi connectivity index (χ2n) is 4.72. The summed E-state index contributed by atoms with van der Waals surface area (Å²) in [7, 11) is 0. The van der Waals surface area contributed by atoms with E-state index in [2.05, 4.69) is 5.32 Å². The van der Waals surface area contributed by atoms with E-state index in [1.807, 2.05) is 0 Å². The second-order valence-corrected chi connectivity index (χ2v) is 5.58. The summed E-state index contributed by atoms with van der Waals surface area (Å²) in [5.74, 6) is 2.01. The van der Waals surface area contributed by atoms with E-state index < -0.39 is 0 Å². The Labute approximate surface area is 73.3 Å². The number of thiol groups is 1. The number of hydrogen-bond acceptors (Lipinski definition) is 2. The lowest BCUT2D eigenvalue weighted by molar-refractivity contribution is 0.0451. The van der Waals surface area contributed by atoms with E-state index in [1.54, 1.807) is 0 Å². The summed E-state index contributed by atoms with van der Waals surface area (Å²) in [6.45, 7) is 0. The van der Waals surface area contributed by atoms with Crippen molar-refractivity contribution in [3.05, 3.63) is 0 Å². The Kier molecular flexibility index (Phi) is 1.21.